The van der Waals surface area contributed by atoms with Crippen molar-refractivity contribution in [3.8, 4) is 0 Å². The van der Waals surface area contributed by atoms with Crippen LogP contribution in [0.4, 0.5) is 0 Å². The van der Waals surface area contributed by atoms with Gasteiger partial charge < -0.3 is 0 Å². The third-order valence-electron chi connectivity index (χ3n) is 1.85. The number of hydrogen-bond donors (Lipinski definition) is 0. The molecule has 8 heavy (non-hydrogen) atoms. The smallest absolute Gasteiger partial charge is 0.0302 e. The van der Waals surface area contributed by atoms with Crippen molar-refractivity contribution in [1.82, 2.24) is 0 Å². The molecule has 0 aromatic rings. The molecular weight excluding hydrogens is 115 g/mol. The maximum atomic E-state index is 2.38. The Hall–Kier alpha value is 0.430. The van der Waals surface area contributed by atoms with Crippen molar-refractivity contribution in [1.29, 1.82) is 0 Å². The van der Waals surface area contributed by atoms with E-state index in [0.717, 1.165) is 5.92 Å². The van der Waals surface area contributed by atoms with E-state index < -0.39 is 0 Å². The van der Waals surface area contributed by atoms with Crippen LogP contribution in [0.2, 0.25) is 0 Å². The highest BCUT2D eigenvalue weighted by atomic mass is 31.1. The van der Waals surface area contributed by atoms with Crippen LogP contribution in [0.25, 0.3) is 0 Å². The minimum atomic E-state index is 0.406. The lowest BCUT2D eigenvalue weighted by atomic mass is 9.87. The van der Waals surface area contributed by atoms with Crippen LogP contribution in [0.3, 0.4) is 0 Å². The van der Waals surface area contributed by atoms with Gasteiger partial charge in [-0.15, -0.1) is 7.92 Å². The molecular formula is C7H15P. The molecule has 0 saturated heterocycles. The average molecular weight is 130 g/mol. The topological polar surface area (TPSA) is 0 Å². The summed E-state index contributed by atoms with van der Waals surface area (Å²) in [6, 6.07) is 0. The van der Waals surface area contributed by atoms with Gasteiger partial charge in [0.15, 0.2) is 0 Å². The Morgan fingerprint density at radius 2 is 2.00 bits per heavy atom. The zero-order valence-corrected chi connectivity index (χ0v) is 6.75. The fourth-order valence-electron chi connectivity index (χ4n) is 1.19. The van der Waals surface area contributed by atoms with Gasteiger partial charge in [0.25, 0.3) is 0 Å². The van der Waals surface area contributed by atoms with Crippen LogP contribution >= 0.6 is 7.92 Å². The monoisotopic (exact) mass is 130 g/mol. The van der Waals surface area contributed by atoms with Gasteiger partial charge in [-0.25, -0.2) is 0 Å². The molecule has 0 atom stereocenters. The Balaban J connectivity index is 2.01. The first-order valence-corrected chi connectivity index (χ1v) is 5.86. The van der Waals surface area contributed by atoms with Crippen molar-refractivity contribution in [3.63, 3.8) is 0 Å². The van der Waals surface area contributed by atoms with Gasteiger partial charge in [0, 0.05) is 0 Å². The maximum absolute atomic E-state index is 2.38. The lowest BCUT2D eigenvalue weighted by Gasteiger charge is -2.26. The summed E-state index contributed by atoms with van der Waals surface area (Å²) in [5.74, 6) is 1.14. The van der Waals surface area contributed by atoms with Crippen molar-refractivity contribution in [3.05, 3.63) is 0 Å². The third-order valence-corrected chi connectivity index (χ3v) is 3.09. The normalized spacial score (nSPS) is 21.4. The highest BCUT2D eigenvalue weighted by Crippen LogP contribution is 2.37. The molecule has 0 amide bonds. The van der Waals surface area contributed by atoms with Gasteiger partial charge in [-0.1, -0.05) is 19.3 Å². The molecule has 1 saturated carbocycles. The van der Waals surface area contributed by atoms with Crippen molar-refractivity contribution >= 4 is 7.92 Å². The van der Waals surface area contributed by atoms with Crippen LogP contribution in [0.5, 0.6) is 0 Å². The highest BCUT2D eigenvalue weighted by Gasteiger charge is 2.17. The summed E-state index contributed by atoms with van der Waals surface area (Å²) < 4.78 is 0. The van der Waals surface area contributed by atoms with Crippen molar-refractivity contribution < 1.29 is 0 Å². The second-order valence-corrected chi connectivity index (χ2v) is 5.58. The molecule has 0 aliphatic heterocycles. The van der Waals surface area contributed by atoms with Crippen molar-refractivity contribution in [2.75, 3.05) is 19.5 Å². The molecule has 0 heterocycles. The van der Waals surface area contributed by atoms with Gasteiger partial charge in [0.1, 0.15) is 0 Å². The third kappa shape index (κ3) is 1.74. The summed E-state index contributed by atoms with van der Waals surface area (Å²) in [6.45, 7) is 4.77. The Kier molecular flexibility index (Phi) is 2.31. The molecule has 0 spiro atoms. The molecule has 0 aromatic carbocycles. The molecule has 0 N–H and O–H groups in total. The first kappa shape index (κ1) is 6.55. The average Bonchev–Trinajstić information content (AvgIpc) is 1.55. The first-order chi connectivity index (χ1) is 3.79. The highest BCUT2D eigenvalue weighted by molar-refractivity contribution is 7.55. The molecule has 48 valence electrons. The van der Waals surface area contributed by atoms with E-state index in [4.69, 9.17) is 0 Å². The van der Waals surface area contributed by atoms with Crippen LogP contribution in [-0.2, 0) is 0 Å². The molecule has 1 fully saturated rings. The Bertz CT molecular complexity index is 64.8. The lowest BCUT2D eigenvalue weighted by Crippen LogP contribution is -2.13. The minimum Gasteiger partial charge on any atom is -0.113 e. The molecule has 0 unspecified atom stereocenters. The van der Waals surface area contributed by atoms with Crippen molar-refractivity contribution in [2.45, 2.75) is 19.3 Å². The quantitative estimate of drug-likeness (QED) is 0.504. The Morgan fingerprint density at radius 1 is 1.38 bits per heavy atom. The summed E-state index contributed by atoms with van der Waals surface area (Å²) in [4.78, 5) is 0. The van der Waals surface area contributed by atoms with Gasteiger partial charge in [-0.2, -0.15) is 0 Å². The summed E-state index contributed by atoms with van der Waals surface area (Å²) in [5, 5.41) is 0. The van der Waals surface area contributed by atoms with Gasteiger partial charge in [0.05, 0.1) is 0 Å². The maximum Gasteiger partial charge on any atom is -0.0302 e. The summed E-state index contributed by atoms with van der Waals surface area (Å²) in [5.41, 5.74) is 0. The Morgan fingerprint density at radius 3 is 2.12 bits per heavy atom. The molecule has 1 rings (SSSR count). The molecule has 0 radical (unpaired) electrons. The zero-order chi connectivity index (χ0) is 5.98. The van der Waals surface area contributed by atoms with Gasteiger partial charge in [-0.3, -0.25) is 0 Å². The van der Waals surface area contributed by atoms with Crippen LogP contribution in [0.1, 0.15) is 19.3 Å². The van der Waals surface area contributed by atoms with Crippen molar-refractivity contribution in [2.24, 2.45) is 5.92 Å². The minimum absolute atomic E-state index is 0.406. The van der Waals surface area contributed by atoms with E-state index in [1.165, 1.54) is 25.4 Å². The predicted octanol–water partition coefficient (Wildman–Crippen LogP) is 2.53. The van der Waals surface area contributed by atoms with Gasteiger partial charge in [-0.05, 0) is 25.4 Å². The molecule has 1 aliphatic carbocycles. The van der Waals surface area contributed by atoms with E-state index in [1.54, 1.807) is 0 Å². The molecule has 0 aromatic heterocycles. The molecule has 1 heteroatoms. The van der Waals surface area contributed by atoms with E-state index in [2.05, 4.69) is 13.3 Å². The second kappa shape index (κ2) is 2.82. The van der Waals surface area contributed by atoms with Gasteiger partial charge >= 0.3 is 0 Å². The van der Waals surface area contributed by atoms with E-state index in [1.807, 2.05) is 0 Å². The number of rotatable bonds is 2. The van der Waals surface area contributed by atoms with Gasteiger partial charge in [0.2, 0.25) is 0 Å². The zero-order valence-electron chi connectivity index (χ0n) is 5.85. The Labute approximate surface area is 53.4 Å². The summed E-state index contributed by atoms with van der Waals surface area (Å²) in [7, 11) is 0.406. The summed E-state index contributed by atoms with van der Waals surface area (Å²) in [6.07, 6.45) is 6.10. The second-order valence-electron chi connectivity index (χ2n) is 3.06. The lowest BCUT2D eigenvalue weighted by molar-refractivity contribution is 0.351. The molecule has 0 bridgehead atoms. The molecule has 1 aliphatic rings. The van der Waals surface area contributed by atoms with Crippen LogP contribution in [0, 0.1) is 5.92 Å². The van der Waals surface area contributed by atoms with E-state index in [-0.39, 0.29) is 0 Å². The van der Waals surface area contributed by atoms with E-state index in [9.17, 15) is 0 Å². The largest absolute Gasteiger partial charge is 0.113 e. The predicted molar refractivity (Wildman–Crippen MR) is 41.0 cm³/mol. The fourth-order valence-corrected chi connectivity index (χ4v) is 2.59. The van der Waals surface area contributed by atoms with Crippen LogP contribution < -0.4 is 0 Å². The molecule has 0 nitrogen and oxygen atoms in total. The summed E-state index contributed by atoms with van der Waals surface area (Å²) >= 11 is 0. The standard InChI is InChI=1S/C7H15P/c1-8(2)6-7-4-3-5-7/h7H,3-6H2,1-2H3. The van der Waals surface area contributed by atoms with Crippen LogP contribution in [-0.4, -0.2) is 19.5 Å². The first-order valence-electron chi connectivity index (χ1n) is 3.44. The number of hydrogen-bond acceptors (Lipinski definition) is 0. The van der Waals surface area contributed by atoms with E-state index >= 15 is 0 Å². The van der Waals surface area contributed by atoms with E-state index in [0.29, 0.717) is 7.92 Å². The SMILES string of the molecule is CP(C)CC1CCC1. The fraction of sp³-hybridized carbons (Fsp3) is 1.00. The van der Waals surface area contributed by atoms with Crippen LogP contribution in [0.15, 0.2) is 0 Å².